The Morgan fingerprint density at radius 2 is 2.00 bits per heavy atom. The van der Waals surface area contributed by atoms with E-state index in [1.807, 2.05) is 30.3 Å². The zero-order valence-electron chi connectivity index (χ0n) is 13.7. The molecule has 2 aromatic rings. The lowest BCUT2D eigenvalue weighted by Crippen LogP contribution is -2.21. The number of hydrogen-bond donors (Lipinski definition) is 2. The number of benzene rings is 2. The van der Waals surface area contributed by atoms with Crippen molar-refractivity contribution < 1.29 is 14.3 Å². The fourth-order valence-electron chi connectivity index (χ4n) is 2.29. The van der Waals surface area contributed by atoms with E-state index in [1.165, 1.54) is 5.56 Å². The second kappa shape index (κ2) is 8.89. The first-order chi connectivity index (χ1) is 11.5. The molecule has 0 aliphatic heterocycles. The molecule has 24 heavy (non-hydrogen) atoms. The normalized spacial score (nSPS) is 11.8. The predicted molar refractivity (Wildman–Crippen MR) is 102 cm³/mol. The number of hydrogen-bond acceptors (Lipinski definition) is 4. The molecule has 1 amide bonds. The summed E-state index contributed by atoms with van der Waals surface area (Å²) in [6, 6.07) is 14.4. The molecule has 0 aromatic heterocycles. The number of methoxy groups -OCH3 is 1. The number of amides is 1. The van der Waals surface area contributed by atoms with Crippen molar-refractivity contribution in [3.63, 3.8) is 0 Å². The summed E-state index contributed by atoms with van der Waals surface area (Å²) in [5, 5.41) is 3.49. The largest absolute Gasteiger partial charge is 0.493 e. The van der Waals surface area contributed by atoms with Crippen LogP contribution in [0.3, 0.4) is 0 Å². The van der Waals surface area contributed by atoms with Crippen LogP contribution in [0.25, 0.3) is 0 Å². The molecular formula is C18H21IN2O3. The summed E-state index contributed by atoms with van der Waals surface area (Å²) in [4.78, 5) is 10.9. The molecule has 1 unspecified atom stereocenters. The van der Waals surface area contributed by atoms with Crippen LogP contribution in [0.1, 0.15) is 24.1 Å². The second-order valence-corrected chi connectivity index (χ2v) is 6.54. The van der Waals surface area contributed by atoms with Gasteiger partial charge >= 0.3 is 0 Å². The van der Waals surface area contributed by atoms with Crippen molar-refractivity contribution >= 4 is 28.5 Å². The predicted octanol–water partition coefficient (Wildman–Crippen LogP) is 3.01. The summed E-state index contributed by atoms with van der Waals surface area (Å²) in [6.45, 7) is 2.65. The topological polar surface area (TPSA) is 73.6 Å². The van der Waals surface area contributed by atoms with Crippen LogP contribution in [0, 0.1) is 3.57 Å². The number of primary amides is 1. The van der Waals surface area contributed by atoms with Gasteiger partial charge in [0.1, 0.15) is 0 Å². The maximum absolute atomic E-state index is 10.9. The molecule has 0 radical (unpaired) electrons. The highest BCUT2D eigenvalue weighted by atomic mass is 127. The zero-order chi connectivity index (χ0) is 17.5. The van der Waals surface area contributed by atoms with Gasteiger partial charge in [-0.1, -0.05) is 30.3 Å². The lowest BCUT2D eigenvalue weighted by molar-refractivity contribution is -0.119. The van der Waals surface area contributed by atoms with Crippen LogP contribution >= 0.6 is 22.6 Å². The molecule has 6 heteroatoms. The maximum atomic E-state index is 10.9. The molecule has 0 saturated carbocycles. The Morgan fingerprint density at radius 3 is 2.62 bits per heavy atom. The summed E-state index contributed by atoms with van der Waals surface area (Å²) < 4.78 is 11.7. The van der Waals surface area contributed by atoms with Gasteiger partial charge in [-0.15, -0.1) is 0 Å². The van der Waals surface area contributed by atoms with Crippen molar-refractivity contribution in [2.45, 2.75) is 19.5 Å². The van der Waals surface area contributed by atoms with Crippen LogP contribution in [0.4, 0.5) is 0 Å². The van der Waals surface area contributed by atoms with Crippen molar-refractivity contribution in [2.75, 3.05) is 13.7 Å². The number of halogens is 1. The molecule has 128 valence electrons. The van der Waals surface area contributed by atoms with Gasteiger partial charge < -0.3 is 20.5 Å². The Balaban J connectivity index is 2.08. The quantitative estimate of drug-likeness (QED) is 0.620. The molecule has 1 atom stereocenters. The van der Waals surface area contributed by atoms with E-state index >= 15 is 0 Å². The monoisotopic (exact) mass is 440 g/mol. The number of nitrogens with one attached hydrogen (secondary N) is 1. The fraction of sp³-hybridized carbons (Fsp3) is 0.278. The molecule has 0 spiro atoms. The van der Waals surface area contributed by atoms with Crippen LogP contribution in [0.15, 0.2) is 42.5 Å². The highest BCUT2D eigenvalue weighted by Gasteiger charge is 2.13. The summed E-state index contributed by atoms with van der Waals surface area (Å²) in [6.07, 6.45) is 0. The van der Waals surface area contributed by atoms with Crippen LogP contribution in [0.5, 0.6) is 11.5 Å². The lowest BCUT2D eigenvalue weighted by Gasteiger charge is -2.17. The molecule has 3 N–H and O–H groups in total. The fourth-order valence-corrected chi connectivity index (χ4v) is 3.11. The third kappa shape index (κ3) is 5.10. The van der Waals surface area contributed by atoms with Gasteiger partial charge in [-0.05, 0) is 52.8 Å². The number of nitrogens with two attached hydrogens (primary N) is 1. The van der Waals surface area contributed by atoms with Gasteiger partial charge in [-0.2, -0.15) is 0 Å². The molecule has 0 aliphatic rings. The molecule has 5 nitrogen and oxygen atoms in total. The van der Waals surface area contributed by atoms with Gasteiger partial charge in [0.2, 0.25) is 0 Å². The molecule has 0 aliphatic carbocycles. The van der Waals surface area contributed by atoms with Crippen LogP contribution in [-0.4, -0.2) is 19.6 Å². The Bertz CT molecular complexity index is 692. The Hall–Kier alpha value is -1.80. The SMILES string of the molecule is COc1cc(CNC(C)c2ccccc2)cc(I)c1OCC(N)=O. The summed E-state index contributed by atoms with van der Waals surface area (Å²) >= 11 is 2.17. The van der Waals surface area contributed by atoms with E-state index in [-0.39, 0.29) is 12.6 Å². The van der Waals surface area contributed by atoms with E-state index in [9.17, 15) is 4.79 Å². The Morgan fingerprint density at radius 1 is 1.29 bits per heavy atom. The number of ether oxygens (including phenoxy) is 2. The van der Waals surface area contributed by atoms with Crippen molar-refractivity contribution in [1.82, 2.24) is 5.32 Å². The van der Waals surface area contributed by atoms with Gasteiger partial charge in [0.05, 0.1) is 10.7 Å². The third-order valence-electron chi connectivity index (χ3n) is 3.56. The first-order valence-electron chi connectivity index (χ1n) is 7.57. The van der Waals surface area contributed by atoms with E-state index in [2.05, 4.69) is 47.0 Å². The van der Waals surface area contributed by atoms with E-state index in [0.717, 1.165) is 9.13 Å². The average Bonchev–Trinajstić information content (AvgIpc) is 2.58. The number of carbonyl (C=O) groups is 1. The van der Waals surface area contributed by atoms with Gasteiger partial charge in [-0.25, -0.2) is 0 Å². The van der Waals surface area contributed by atoms with Crippen molar-refractivity contribution in [3.8, 4) is 11.5 Å². The minimum Gasteiger partial charge on any atom is -0.493 e. The molecule has 0 bridgehead atoms. The molecule has 0 saturated heterocycles. The Labute approximate surface area is 155 Å². The molecular weight excluding hydrogens is 419 g/mol. The highest BCUT2D eigenvalue weighted by Crippen LogP contribution is 2.34. The standard InChI is InChI=1S/C18H21IN2O3/c1-12(14-6-4-3-5-7-14)21-10-13-8-15(19)18(16(9-13)23-2)24-11-17(20)22/h3-9,12,21H,10-11H2,1-2H3,(H2,20,22). The maximum Gasteiger partial charge on any atom is 0.255 e. The summed E-state index contributed by atoms with van der Waals surface area (Å²) in [5.41, 5.74) is 7.44. The second-order valence-electron chi connectivity index (χ2n) is 5.38. The van der Waals surface area contributed by atoms with Crippen LogP contribution in [-0.2, 0) is 11.3 Å². The molecule has 2 rings (SSSR count). The lowest BCUT2D eigenvalue weighted by atomic mass is 10.1. The van der Waals surface area contributed by atoms with E-state index < -0.39 is 5.91 Å². The first-order valence-corrected chi connectivity index (χ1v) is 8.65. The van der Waals surface area contributed by atoms with Crippen molar-refractivity contribution in [1.29, 1.82) is 0 Å². The number of carbonyl (C=O) groups excluding carboxylic acids is 1. The van der Waals surface area contributed by atoms with Crippen molar-refractivity contribution in [2.24, 2.45) is 5.73 Å². The smallest absolute Gasteiger partial charge is 0.255 e. The van der Waals surface area contributed by atoms with E-state index in [4.69, 9.17) is 15.2 Å². The van der Waals surface area contributed by atoms with E-state index in [1.54, 1.807) is 7.11 Å². The van der Waals surface area contributed by atoms with Crippen molar-refractivity contribution in [3.05, 3.63) is 57.2 Å². The van der Waals surface area contributed by atoms with Gasteiger partial charge in [0.25, 0.3) is 5.91 Å². The summed E-state index contributed by atoms with van der Waals surface area (Å²) in [5.74, 6) is 0.611. The average molecular weight is 440 g/mol. The van der Waals surface area contributed by atoms with Crippen LogP contribution < -0.4 is 20.5 Å². The highest BCUT2D eigenvalue weighted by molar-refractivity contribution is 14.1. The molecule has 0 fully saturated rings. The third-order valence-corrected chi connectivity index (χ3v) is 4.36. The van der Waals surface area contributed by atoms with Gasteiger partial charge in [-0.3, -0.25) is 4.79 Å². The minimum absolute atomic E-state index is 0.172. The minimum atomic E-state index is -0.518. The van der Waals surface area contributed by atoms with Gasteiger partial charge in [0.15, 0.2) is 18.1 Å². The van der Waals surface area contributed by atoms with Crippen LogP contribution in [0.2, 0.25) is 0 Å². The Kier molecular flexibility index (Phi) is 6.86. The molecule has 2 aromatic carbocycles. The molecule has 0 heterocycles. The van der Waals surface area contributed by atoms with Gasteiger partial charge in [0, 0.05) is 12.6 Å². The number of rotatable bonds is 8. The summed E-state index contributed by atoms with van der Waals surface area (Å²) in [7, 11) is 1.58. The first kappa shape index (κ1) is 18.5. The zero-order valence-corrected chi connectivity index (χ0v) is 15.9. The van der Waals surface area contributed by atoms with E-state index in [0.29, 0.717) is 18.0 Å².